The predicted octanol–water partition coefficient (Wildman–Crippen LogP) is 3.97. The van der Waals surface area contributed by atoms with Gasteiger partial charge in [-0.2, -0.15) is 5.10 Å². The molecule has 4 nitrogen and oxygen atoms in total. The van der Waals surface area contributed by atoms with Crippen LogP contribution in [0.3, 0.4) is 0 Å². The molecule has 4 heteroatoms. The van der Waals surface area contributed by atoms with E-state index in [1.807, 2.05) is 6.92 Å². The lowest BCUT2D eigenvalue weighted by Crippen LogP contribution is -2.41. The summed E-state index contributed by atoms with van der Waals surface area (Å²) in [7, 11) is 0. The Morgan fingerprint density at radius 3 is 2.67 bits per heavy atom. The van der Waals surface area contributed by atoms with E-state index in [0.717, 1.165) is 18.6 Å². The number of hydrogen-bond acceptors (Lipinski definition) is 2. The van der Waals surface area contributed by atoms with Crippen LogP contribution in [0, 0.1) is 16.7 Å². The van der Waals surface area contributed by atoms with Crippen LogP contribution >= 0.6 is 0 Å². The highest BCUT2D eigenvalue weighted by atomic mass is 16.2. The normalized spacial score (nSPS) is 32.6. The summed E-state index contributed by atoms with van der Waals surface area (Å²) in [5, 5.41) is 4.22. The number of carbonyl (C=O) groups excluding carboxylic acids is 1. The maximum Gasteiger partial charge on any atom is 0.332 e. The molecule has 2 rings (SSSR count). The summed E-state index contributed by atoms with van der Waals surface area (Å²) in [4.78, 5) is 10.9. The summed E-state index contributed by atoms with van der Waals surface area (Å²) in [5.41, 5.74) is 12.1. The van der Waals surface area contributed by atoms with E-state index in [2.05, 4.69) is 38.2 Å². The smallest absolute Gasteiger partial charge is 0.332 e. The van der Waals surface area contributed by atoms with Gasteiger partial charge in [0.2, 0.25) is 0 Å². The average Bonchev–Trinajstić information content (AvgIpc) is 2.38. The van der Waals surface area contributed by atoms with Gasteiger partial charge in [-0.25, -0.2) is 10.2 Å². The molecule has 0 aromatic carbocycles. The summed E-state index contributed by atoms with van der Waals surface area (Å²) < 4.78 is 0. The Kier molecular flexibility index (Phi) is 4.18. The van der Waals surface area contributed by atoms with Gasteiger partial charge in [0.15, 0.2) is 0 Å². The molecule has 0 aromatic heterocycles. The van der Waals surface area contributed by atoms with E-state index >= 15 is 0 Å². The second kappa shape index (κ2) is 5.47. The third-order valence-electron chi connectivity index (χ3n) is 5.87. The molecular weight excluding hydrogens is 262 g/mol. The van der Waals surface area contributed by atoms with Crippen molar-refractivity contribution in [2.45, 2.75) is 66.7 Å². The van der Waals surface area contributed by atoms with E-state index in [9.17, 15) is 4.79 Å². The number of nitrogens with one attached hydrogen (secondary N) is 1. The number of hydrogen-bond donors (Lipinski definition) is 2. The number of rotatable bonds is 2. The Balaban J connectivity index is 2.32. The van der Waals surface area contributed by atoms with Crippen molar-refractivity contribution >= 4 is 11.7 Å². The Hall–Kier alpha value is -1.32. The van der Waals surface area contributed by atoms with Crippen LogP contribution in [0.2, 0.25) is 0 Å². The van der Waals surface area contributed by atoms with E-state index in [0.29, 0.717) is 11.3 Å². The van der Waals surface area contributed by atoms with Gasteiger partial charge >= 0.3 is 6.03 Å². The standard InChI is InChI=1S/C17H29N3O/c1-11-9-13-7-6-8-16(3,4)14(13)10-17(11,5)12(2)19-20-15(18)21/h11H,6-10H2,1-5H3,(H3,18,20,21)/b19-12-/t11-,17+/m1/s1. The molecule has 0 fully saturated rings. The van der Waals surface area contributed by atoms with E-state index in [4.69, 9.17) is 5.73 Å². The summed E-state index contributed by atoms with van der Waals surface area (Å²) in [5.74, 6) is 0.531. The van der Waals surface area contributed by atoms with Gasteiger partial charge in [0.05, 0.1) is 0 Å². The molecule has 0 aromatic rings. The fraction of sp³-hybridized carbons (Fsp3) is 0.765. The van der Waals surface area contributed by atoms with Crippen LogP contribution < -0.4 is 11.2 Å². The first kappa shape index (κ1) is 16.1. The molecule has 0 saturated heterocycles. The highest BCUT2D eigenvalue weighted by molar-refractivity contribution is 5.89. The highest BCUT2D eigenvalue weighted by Crippen LogP contribution is 2.54. The quantitative estimate of drug-likeness (QED) is 0.451. The van der Waals surface area contributed by atoms with Crippen molar-refractivity contribution in [2.75, 3.05) is 0 Å². The van der Waals surface area contributed by atoms with Crippen LogP contribution in [0.25, 0.3) is 0 Å². The van der Waals surface area contributed by atoms with E-state index < -0.39 is 6.03 Å². The third kappa shape index (κ3) is 2.99. The van der Waals surface area contributed by atoms with Crippen molar-refractivity contribution in [1.29, 1.82) is 0 Å². The van der Waals surface area contributed by atoms with Gasteiger partial charge < -0.3 is 5.73 Å². The molecule has 2 atom stereocenters. The fourth-order valence-corrected chi connectivity index (χ4v) is 4.00. The van der Waals surface area contributed by atoms with Crippen LogP contribution in [-0.4, -0.2) is 11.7 Å². The van der Waals surface area contributed by atoms with Gasteiger partial charge in [-0.1, -0.05) is 38.8 Å². The zero-order chi connectivity index (χ0) is 15.8. The van der Waals surface area contributed by atoms with Crippen LogP contribution in [0.1, 0.15) is 66.7 Å². The average molecular weight is 291 g/mol. The van der Waals surface area contributed by atoms with Crippen molar-refractivity contribution in [1.82, 2.24) is 5.43 Å². The van der Waals surface area contributed by atoms with Gasteiger partial charge in [-0.15, -0.1) is 0 Å². The van der Waals surface area contributed by atoms with E-state index in [-0.39, 0.29) is 5.41 Å². The first-order valence-corrected chi connectivity index (χ1v) is 7.98. The van der Waals surface area contributed by atoms with Crippen molar-refractivity contribution < 1.29 is 4.79 Å². The Bertz CT molecular complexity index is 504. The lowest BCUT2D eigenvalue weighted by Gasteiger charge is -2.48. The molecule has 21 heavy (non-hydrogen) atoms. The zero-order valence-electron chi connectivity index (χ0n) is 14.0. The largest absolute Gasteiger partial charge is 0.350 e. The number of amides is 2. The highest BCUT2D eigenvalue weighted by Gasteiger charge is 2.44. The van der Waals surface area contributed by atoms with Crippen LogP contribution in [-0.2, 0) is 0 Å². The van der Waals surface area contributed by atoms with Gasteiger partial charge in [0.25, 0.3) is 0 Å². The molecule has 2 aliphatic carbocycles. The van der Waals surface area contributed by atoms with Gasteiger partial charge in [-0.05, 0) is 50.4 Å². The van der Waals surface area contributed by atoms with Crippen molar-refractivity contribution in [2.24, 2.45) is 27.6 Å². The number of nitrogens with zero attached hydrogens (tertiary/aromatic N) is 1. The lowest BCUT2D eigenvalue weighted by molar-refractivity contribution is 0.222. The first-order chi connectivity index (χ1) is 9.67. The van der Waals surface area contributed by atoms with E-state index in [1.165, 1.54) is 19.3 Å². The van der Waals surface area contributed by atoms with Crippen molar-refractivity contribution in [3.63, 3.8) is 0 Å². The minimum Gasteiger partial charge on any atom is -0.350 e. The number of carbonyl (C=O) groups is 1. The molecule has 0 heterocycles. The maximum atomic E-state index is 10.9. The molecule has 2 aliphatic rings. The second-order valence-corrected chi connectivity index (χ2v) is 7.69. The molecule has 3 N–H and O–H groups in total. The molecule has 2 amide bonds. The first-order valence-electron chi connectivity index (χ1n) is 7.98. The summed E-state index contributed by atoms with van der Waals surface area (Å²) in [6.45, 7) is 11.3. The Morgan fingerprint density at radius 2 is 2.05 bits per heavy atom. The van der Waals surface area contributed by atoms with Gasteiger partial charge in [0.1, 0.15) is 0 Å². The van der Waals surface area contributed by atoms with Crippen LogP contribution in [0.4, 0.5) is 4.79 Å². The molecule has 0 spiro atoms. The van der Waals surface area contributed by atoms with Crippen molar-refractivity contribution in [3.8, 4) is 0 Å². The van der Waals surface area contributed by atoms with Gasteiger partial charge in [0, 0.05) is 11.1 Å². The summed E-state index contributed by atoms with van der Waals surface area (Å²) in [6, 6.07) is -0.598. The van der Waals surface area contributed by atoms with Gasteiger partial charge in [-0.3, -0.25) is 0 Å². The Morgan fingerprint density at radius 1 is 1.38 bits per heavy atom. The zero-order valence-corrected chi connectivity index (χ0v) is 14.0. The minimum atomic E-state index is -0.598. The number of hydrazone groups is 1. The molecule has 0 bridgehead atoms. The second-order valence-electron chi connectivity index (χ2n) is 7.69. The number of nitrogens with two attached hydrogens (primary N) is 1. The monoisotopic (exact) mass is 291 g/mol. The number of urea groups is 1. The Labute approximate surface area is 128 Å². The lowest BCUT2D eigenvalue weighted by atomic mass is 9.57. The predicted molar refractivity (Wildman–Crippen MR) is 87.0 cm³/mol. The topological polar surface area (TPSA) is 67.5 Å². The van der Waals surface area contributed by atoms with Crippen molar-refractivity contribution in [3.05, 3.63) is 11.1 Å². The molecule has 0 radical (unpaired) electrons. The summed E-state index contributed by atoms with van der Waals surface area (Å²) >= 11 is 0. The fourth-order valence-electron chi connectivity index (χ4n) is 4.00. The molecular formula is C17H29N3O. The van der Waals surface area contributed by atoms with Crippen LogP contribution in [0.5, 0.6) is 0 Å². The maximum absolute atomic E-state index is 10.9. The summed E-state index contributed by atoms with van der Waals surface area (Å²) in [6.07, 6.45) is 6.04. The molecule has 0 aliphatic heterocycles. The third-order valence-corrected chi connectivity index (χ3v) is 5.87. The number of allylic oxidation sites excluding steroid dienone is 2. The molecule has 0 unspecified atom stereocenters. The number of primary amides is 1. The van der Waals surface area contributed by atoms with E-state index in [1.54, 1.807) is 11.1 Å². The minimum absolute atomic E-state index is 0.00407. The molecule has 118 valence electrons. The SMILES string of the molecule is C/C(=N/NC(N)=O)[C@@]1(C)CC2=C(CCCC2(C)C)C[C@H]1C. The molecule has 0 saturated carbocycles. The van der Waals surface area contributed by atoms with Crippen LogP contribution in [0.15, 0.2) is 16.2 Å².